The molecule has 0 spiro atoms. The second-order valence-corrected chi connectivity index (χ2v) is 4.52. The molecule has 8 heteroatoms. The summed E-state index contributed by atoms with van der Waals surface area (Å²) in [6.45, 7) is 7.42. The van der Waals surface area contributed by atoms with E-state index < -0.39 is 6.10 Å². The van der Waals surface area contributed by atoms with Crippen LogP contribution in [0.5, 0.6) is 0 Å². The van der Waals surface area contributed by atoms with Gasteiger partial charge in [0.2, 0.25) is 0 Å². The summed E-state index contributed by atoms with van der Waals surface area (Å²) in [5.41, 5.74) is 0.451. The van der Waals surface area contributed by atoms with Gasteiger partial charge in [0.05, 0.1) is 19.1 Å². The Morgan fingerprint density at radius 1 is 1.57 bits per heavy atom. The van der Waals surface area contributed by atoms with Gasteiger partial charge in [-0.3, -0.25) is 9.59 Å². The van der Waals surface area contributed by atoms with Crippen LogP contribution in [0, 0.1) is 0 Å². The highest BCUT2D eigenvalue weighted by molar-refractivity contribution is 5.81. The molecule has 126 valence electrons. The van der Waals surface area contributed by atoms with Crippen LogP contribution in [-0.4, -0.2) is 37.6 Å². The van der Waals surface area contributed by atoms with E-state index in [9.17, 15) is 14.0 Å². The summed E-state index contributed by atoms with van der Waals surface area (Å²) in [6.07, 6.45) is 3.68. The highest BCUT2D eigenvalue weighted by Gasteiger charge is 2.22. The van der Waals surface area contributed by atoms with Crippen LogP contribution >= 0.6 is 0 Å². The van der Waals surface area contributed by atoms with E-state index in [1.54, 1.807) is 0 Å². The highest BCUT2D eigenvalue weighted by Crippen LogP contribution is 2.08. The summed E-state index contributed by atoms with van der Waals surface area (Å²) in [5, 5.41) is 8.02. The third-order valence-electron chi connectivity index (χ3n) is 2.72. The number of amides is 2. The lowest BCUT2D eigenvalue weighted by atomic mass is 10.2. The van der Waals surface area contributed by atoms with Gasteiger partial charge in [-0.1, -0.05) is 13.2 Å². The summed E-state index contributed by atoms with van der Waals surface area (Å²) >= 11 is 0. The van der Waals surface area contributed by atoms with Crippen LogP contribution in [0.3, 0.4) is 0 Å². The van der Waals surface area contributed by atoms with Crippen molar-refractivity contribution in [3.05, 3.63) is 49.5 Å². The maximum atomic E-state index is 12.1. The topological polar surface area (TPSA) is 88.7 Å². The second kappa shape index (κ2) is 10.0. The van der Waals surface area contributed by atoms with E-state index in [1.165, 1.54) is 12.5 Å². The average molecular weight is 325 g/mol. The van der Waals surface area contributed by atoms with Crippen molar-refractivity contribution in [3.8, 4) is 0 Å². The van der Waals surface area contributed by atoms with E-state index in [-0.39, 0.29) is 37.3 Å². The van der Waals surface area contributed by atoms with Gasteiger partial charge in [0.25, 0.3) is 11.8 Å². The molecule has 1 aliphatic heterocycles. The Morgan fingerprint density at radius 3 is 3.04 bits per heavy atom. The van der Waals surface area contributed by atoms with Crippen molar-refractivity contribution in [2.45, 2.75) is 12.5 Å². The largest absolute Gasteiger partial charge is 0.492 e. The number of hydrogen-bond acceptors (Lipinski definition) is 5. The lowest BCUT2D eigenvalue weighted by Gasteiger charge is -2.23. The Balaban J connectivity index is 2.26. The van der Waals surface area contributed by atoms with Gasteiger partial charge < -0.3 is 25.4 Å². The second-order valence-electron chi connectivity index (χ2n) is 4.52. The van der Waals surface area contributed by atoms with Crippen molar-refractivity contribution in [3.63, 3.8) is 0 Å². The van der Waals surface area contributed by atoms with Crippen LogP contribution in [0.25, 0.3) is 0 Å². The standard InChI is InChI=1S/C15H20FN3O4/c1-3-22-10-14(20)19-11(2)5-7-18-15(21)13-9-17-8-12(23-13)4-6-16/h3-4,6,8,13,17H,1-2,5,7,9-10H2,(H,18,21)(H,19,20)/b6-4+. The minimum absolute atomic E-state index is 0.145. The summed E-state index contributed by atoms with van der Waals surface area (Å²) in [5.74, 6) is -0.462. The lowest BCUT2D eigenvalue weighted by molar-refractivity contribution is -0.130. The number of nitrogens with one attached hydrogen (secondary N) is 3. The summed E-state index contributed by atoms with van der Waals surface area (Å²) in [4.78, 5) is 23.3. The number of allylic oxidation sites excluding steroid dienone is 1. The number of rotatable bonds is 9. The molecule has 0 aliphatic carbocycles. The van der Waals surface area contributed by atoms with Gasteiger partial charge in [-0.25, -0.2) is 4.39 Å². The molecular formula is C15H20FN3O4. The van der Waals surface area contributed by atoms with Gasteiger partial charge in [0, 0.05) is 30.9 Å². The minimum atomic E-state index is -0.755. The predicted molar refractivity (Wildman–Crippen MR) is 82.3 cm³/mol. The molecule has 1 atom stereocenters. The third-order valence-corrected chi connectivity index (χ3v) is 2.72. The maximum Gasteiger partial charge on any atom is 0.262 e. The van der Waals surface area contributed by atoms with Crippen LogP contribution < -0.4 is 16.0 Å². The van der Waals surface area contributed by atoms with E-state index >= 15 is 0 Å². The van der Waals surface area contributed by atoms with Crippen molar-refractivity contribution < 1.29 is 23.5 Å². The first kappa shape index (κ1) is 18.3. The first-order valence-corrected chi connectivity index (χ1v) is 6.91. The third kappa shape index (κ3) is 7.16. The van der Waals surface area contributed by atoms with Gasteiger partial charge in [-0.15, -0.1) is 0 Å². The Hall–Kier alpha value is -2.77. The van der Waals surface area contributed by atoms with Gasteiger partial charge in [0.1, 0.15) is 5.76 Å². The van der Waals surface area contributed by atoms with E-state index in [1.807, 2.05) is 0 Å². The van der Waals surface area contributed by atoms with E-state index in [2.05, 4.69) is 29.1 Å². The molecule has 0 aromatic rings. The molecule has 7 nitrogen and oxygen atoms in total. The first-order valence-electron chi connectivity index (χ1n) is 6.91. The molecule has 1 rings (SSSR count). The molecular weight excluding hydrogens is 305 g/mol. The molecule has 23 heavy (non-hydrogen) atoms. The summed E-state index contributed by atoms with van der Waals surface area (Å²) < 4.78 is 22.1. The van der Waals surface area contributed by atoms with Gasteiger partial charge in [-0.2, -0.15) is 0 Å². The average Bonchev–Trinajstić information content (AvgIpc) is 2.53. The summed E-state index contributed by atoms with van der Waals surface area (Å²) in [7, 11) is 0. The molecule has 1 unspecified atom stereocenters. The number of hydrogen-bond donors (Lipinski definition) is 3. The Labute approximate surface area is 133 Å². The molecule has 1 aliphatic rings. The first-order chi connectivity index (χ1) is 11.1. The Bertz CT molecular complexity index is 517. The van der Waals surface area contributed by atoms with Gasteiger partial charge in [-0.05, 0) is 0 Å². The highest BCUT2D eigenvalue weighted by atomic mass is 19.1. The zero-order chi connectivity index (χ0) is 17.1. The maximum absolute atomic E-state index is 12.1. The zero-order valence-electron chi connectivity index (χ0n) is 12.6. The van der Waals surface area contributed by atoms with Crippen molar-refractivity contribution in [2.24, 2.45) is 0 Å². The van der Waals surface area contributed by atoms with Crippen molar-refractivity contribution >= 4 is 11.8 Å². The van der Waals surface area contributed by atoms with Crippen LogP contribution in [0.1, 0.15) is 6.42 Å². The van der Waals surface area contributed by atoms with Crippen LogP contribution in [-0.2, 0) is 19.1 Å². The van der Waals surface area contributed by atoms with Crippen molar-refractivity contribution in [2.75, 3.05) is 19.7 Å². The Kier molecular flexibility index (Phi) is 7.98. The van der Waals surface area contributed by atoms with Crippen LogP contribution in [0.2, 0.25) is 0 Å². The van der Waals surface area contributed by atoms with Crippen molar-refractivity contribution in [1.82, 2.24) is 16.0 Å². The quantitative estimate of drug-likeness (QED) is 0.540. The number of carbonyl (C=O) groups is 2. The van der Waals surface area contributed by atoms with Crippen LogP contribution in [0.4, 0.5) is 4.39 Å². The fourth-order valence-corrected chi connectivity index (χ4v) is 1.68. The fourth-order valence-electron chi connectivity index (χ4n) is 1.68. The lowest BCUT2D eigenvalue weighted by Crippen LogP contribution is -2.44. The van der Waals surface area contributed by atoms with Crippen molar-refractivity contribution in [1.29, 1.82) is 0 Å². The monoisotopic (exact) mass is 325 g/mol. The molecule has 0 aromatic carbocycles. The predicted octanol–water partition coefficient (Wildman–Crippen LogP) is 0.596. The molecule has 3 N–H and O–H groups in total. The molecule has 0 saturated heterocycles. The number of ether oxygens (including phenoxy) is 2. The van der Waals surface area contributed by atoms with E-state index in [0.717, 1.165) is 6.08 Å². The van der Waals surface area contributed by atoms with E-state index in [0.29, 0.717) is 18.4 Å². The molecule has 2 amide bonds. The molecule has 0 saturated carbocycles. The van der Waals surface area contributed by atoms with Gasteiger partial charge >= 0.3 is 0 Å². The SMILES string of the molecule is C=COCC(=O)NC(=C)CCNC(=O)C1CNC=C(/C=C/F)O1. The number of halogens is 1. The van der Waals surface area contributed by atoms with E-state index in [4.69, 9.17) is 9.47 Å². The smallest absolute Gasteiger partial charge is 0.262 e. The molecule has 0 radical (unpaired) electrons. The normalized spacial score (nSPS) is 16.6. The van der Waals surface area contributed by atoms with Crippen LogP contribution in [0.15, 0.2) is 49.5 Å². The minimum Gasteiger partial charge on any atom is -0.492 e. The molecule has 0 aromatic heterocycles. The molecule has 0 bridgehead atoms. The summed E-state index contributed by atoms with van der Waals surface area (Å²) in [6, 6.07) is 0. The molecule has 0 fully saturated rings. The zero-order valence-corrected chi connectivity index (χ0v) is 12.6. The number of carbonyl (C=O) groups excluding carboxylic acids is 2. The molecule has 1 heterocycles. The fraction of sp³-hybridized carbons (Fsp3) is 0.333. The van der Waals surface area contributed by atoms with Gasteiger partial charge in [0.15, 0.2) is 12.7 Å². The Morgan fingerprint density at radius 2 is 2.35 bits per heavy atom.